The van der Waals surface area contributed by atoms with E-state index in [4.69, 9.17) is 0 Å². The van der Waals surface area contributed by atoms with E-state index in [1.165, 1.54) is 25.7 Å². The highest BCUT2D eigenvalue weighted by Crippen LogP contribution is 2.22. The van der Waals surface area contributed by atoms with E-state index < -0.39 is 0 Å². The molecular weight excluding hydrogens is 150 g/mol. The van der Waals surface area contributed by atoms with Crippen LogP contribution in [-0.4, -0.2) is 23.9 Å². The van der Waals surface area contributed by atoms with Crippen LogP contribution in [-0.2, 0) is 4.79 Å². The van der Waals surface area contributed by atoms with Crippen molar-refractivity contribution in [2.45, 2.75) is 51.5 Å². The van der Waals surface area contributed by atoms with Gasteiger partial charge in [-0.25, -0.2) is 0 Å². The molecule has 0 aromatic rings. The Kier molecular flexibility index (Phi) is 4.12. The molecule has 0 aliphatic heterocycles. The lowest BCUT2D eigenvalue weighted by atomic mass is 10.2. The molecule has 1 radical (unpaired) electrons. The maximum Gasteiger partial charge on any atom is 0.312 e. The highest BCUT2D eigenvalue weighted by atomic mass is 16.1. The average Bonchev–Trinajstić information content (AvgIpc) is 2.59. The molecule has 2 heteroatoms. The van der Waals surface area contributed by atoms with Crippen molar-refractivity contribution >= 4 is 6.41 Å². The number of hydrogen-bond donors (Lipinski definition) is 0. The number of carbonyl (C=O) groups excluding carboxylic acids is 1. The van der Waals surface area contributed by atoms with E-state index in [0.29, 0.717) is 6.04 Å². The van der Waals surface area contributed by atoms with Gasteiger partial charge in [0.2, 0.25) is 0 Å². The molecule has 0 heterocycles. The van der Waals surface area contributed by atoms with Crippen LogP contribution in [0.25, 0.3) is 0 Å². The van der Waals surface area contributed by atoms with Crippen molar-refractivity contribution in [3.8, 4) is 0 Å². The summed E-state index contributed by atoms with van der Waals surface area (Å²) in [4.78, 5) is 12.5. The highest BCUT2D eigenvalue weighted by Gasteiger charge is 2.20. The number of amides is 1. The van der Waals surface area contributed by atoms with Gasteiger partial charge < -0.3 is 4.90 Å². The topological polar surface area (TPSA) is 20.3 Å². The number of nitrogens with zero attached hydrogens (tertiary/aromatic N) is 1. The maximum atomic E-state index is 10.6. The van der Waals surface area contributed by atoms with Crippen LogP contribution in [0.15, 0.2) is 0 Å². The van der Waals surface area contributed by atoms with Crippen LogP contribution in [0.2, 0.25) is 0 Å². The Balaban J connectivity index is 2.27. The summed E-state index contributed by atoms with van der Waals surface area (Å²) in [7, 11) is 0. The summed E-state index contributed by atoms with van der Waals surface area (Å²) in [5, 5.41) is 0. The fourth-order valence-electron chi connectivity index (χ4n) is 1.85. The SMILES string of the molecule is CCCCN([C]=O)C1CCCC1. The second-order valence-electron chi connectivity index (χ2n) is 3.58. The standard InChI is InChI=1S/C10H18NO/c1-2-3-8-11(9-12)10-6-4-5-7-10/h10H,2-8H2,1H3. The fraction of sp³-hybridized carbons (Fsp3) is 0.900. The summed E-state index contributed by atoms with van der Waals surface area (Å²) in [6.07, 6.45) is 9.30. The number of unbranched alkanes of at least 4 members (excludes halogenated alkanes) is 1. The monoisotopic (exact) mass is 168 g/mol. The fourth-order valence-corrected chi connectivity index (χ4v) is 1.85. The molecule has 1 aliphatic carbocycles. The minimum absolute atomic E-state index is 0.508. The molecule has 0 unspecified atom stereocenters. The van der Waals surface area contributed by atoms with E-state index in [2.05, 4.69) is 13.3 Å². The molecule has 0 spiro atoms. The molecule has 0 N–H and O–H groups in total. The predicted molar refractivity (Wildman–Crippen MR) is 49.6 cm³/mol. The van der Waals surface area contributed by atoms with E-state index >= 15 is 0 Å². The van der Waals surface area contributed by atoms with Gasteiger partial charge in [-0.1, -0.05) is 26.2 Å². The summed E-state index contributed by atoms with van der Waals surface area (Å²) in [5.74, 6) is 0. The van der Waals surface area contributed by atoms with Gasteiger partial charge in [0.1, 0.15) is 0 Å². The summed E-state index contributed by atoms with van der Waals surface area (Å²) in [6.45, 7) is 3.06. The van der Waals surface area contributed by atoms with Crippen molar-refractivity contribution in [2.24, 2.45) is 0 Å². The lowest BCUT2D eigenvalue weighted by Gasteiger charge is -2.22. The predicted octanol–water partition coefficient (Wildman–Crippen LogP) is 2.10. The first kappa shape index (κ1) is 9.56. The van der Waals surface area contributed by atoms with Crippen LogP contribution in [0.4, 0.5) is 0 Å². The smallest absolute Gasteiger partial charge is 0.312 e. The zero-order valence-corrected chi connectivity index (χ0v) is 7.88. The molecule has 1 fully saturated rings. The van der Waals surface area contributed by atoms with Gasteiger partial charge in [-0.15, -0.1) is 0 Å². The summed E-state index contributed by atoms with van der Waals surface area (Å²) < 4.78 is 0. The van der Waals surface area contributed by atoms with Gasteiger partial charge in [0, 0.05) is 12.6 Å². The van der Waals surface area contributed by atoms with E-state index in [-0.39, 0.29) is 0 Å². The molecule has 1 saturated carbocycles. The number of rotatable bonds is 5. The first-order valence-corrected chi connectivity index (χ1v) is 5.03. The molecule has 0 saturated heterocycles. The van der Waals surface area contributed by atoms with E-state index in [1.807, 2.05) is 4.90 Å². The van der Waals surface area contributed by atoms with E-state index in [9.17, 15) is 4.79 Å². The summed E-state index contributed by atoms with van der Waals surface area (Å²) >= 11 is 0. The van der Waals surface area contributed by atoms with Gasteiger partial charge in [0.15, 0.2) is 0 Å². The van der Waals surface area contributed by atoms with Crippen molar-refractivity contribution in [2.75, 3.05) is 6.54 Å². The average molecular weight is 168 g/mol. The van der Waals surface area contributed by atoms with Gasteiger partial charge in [0.25, 0.3) is 0 Å². The van der Waals surface area contributed by atoms with Crippen molar-refractivity contribution < 1.29 is 4.79 Å². The third-order valence-corrected chi connectivity index (χ3v) is 2.64. The molecule has 69 valence electrons. The molecule has 12 heavy (non-hydrogen) atoms. The second kappa shape index (κ2) is 5.18. The van der Waals surface area contributed by atoms with Gasteiger partial charge in [-0.05, 0) is 19.3 Å². The Labute approximate surface area is 74.9 Å². The quantitative estimate of drug-likeness (QED) is 0.576. The zero-order valence-electron chi connectivity index (χ0n) is 7.88. The van der Waals surface area contributed by atoms with Crippen LogP contribution in [0.3, 0.4) is 0 Å². The van der Waals surface area contributed by atoms with E-state index in [0.717, 1.165) is 19.4 Å². The minimum Gasteiger partial charge on any atom is -0.331 e. The Morgan fingerprint density at radius 1 is 1.42 bits per heavy atom. The van der Waals surface area contributed by atoms with Crippen LogP contribution in [0.1, 0.15) is 45.4 Å². The molecule has 0 bridgehead atoms. The Morgan fingerprint density at radius 3 is 2.58 bits per heavy atom. The van der Waals surface area contributed by atoms with Crippen molar-refractivity contribution in [1.29, 1.82) is 0 Å². The molecule has 1 aliphatic rings. The largest absolute Gasteiger partial charge is 0.331 e. The van der Waals surface area contributed by atoms with Crippen molar-refractivity contribution in [3.63, 3.8) is 0 Å². The molecule has 1 rings (SSSR count). The lowest BCUT2D eigenvalue weighted by molar-refractivity contribution is 0.291. The number of hydrogen-bond acceptors (Lipinski definition) is 1. The molecule has 2 nitrogen and oxygen atoms in total. The molecule has 0 aromatic heterocycles. The van der Waals surface area contributed by atoms with Gasteiger partial charge in [-0.2, -0.15) is 0 Å². The zero-order chi connectivity index (χ0) is 8.81. The molecule has 0 aromatic carbocycles. The molecule has 0 atom stereocenters. The summed E-state index contributed by atoms with van der Waals surface area (Å²) in [6, 6.07) is 0.508. The third kappa shape index (κ3) is 2.50. The minimum atomic E-state index is 0.508. The van der Waals surface area contributed by atoms with Gasteiger partial charge in [0.05, 0.1) is 0 Å². The summed E-state index contributed by atoms with van der Waals surface area (Å²) in [5.41, 5.74) is 0. The van der Waals surface area contributed by atoms with Gasteiger partial charge >= 0.3 is 6.41 Å². The third-order valence-electron chi connectivity index (χ3n) is 2.64. The molecule has 1 amide bonds. The van der Waals surface area contributed by atoms with Crippen LogP contribution < -0.4 is 0 Å². The van der Waals surface area contributed by atoms with Crippen molar-refractivity contribution in [1.82, 2.24) is 4.90 Å². The van der Waals surface area contributed by atoms with Gasteiger partial charge in [-0.3, -0.25) is 4.79 Å². The van der Waals surface area contributed by atoms with Crippen LogP contribution >= 0.6 is 0 Å². The Bertz CT molecular complexity index is 130. The first-order chi connectivity index (χ1) is 5.88. The van der Waals surface area contributed by atoms with Crippen LogP contribution in [0.5, 0.6) is 0 Å². The Hall–Kier alpha value is -0.530. The maximum absolute atomic E-state index is 10.6. The lowest BCUT2D eigenvalue weighted by Crippen LogP contribution is -2.32. The Morgan fingerprint density at radius 2 is 2.08 bits per heavy atom. The van der Waals surface area contributed by atoms with E-state index in [1.54, 1.807) is 0 Å². The van der Waals surface area contributed by atoms with Crippen LogP contribution in [0, 0.1) is 0 Å². The second-order valence-corrected chi connectivity index (χ2v) is 3.58. The first-order valence-electron chi connectivity index (χ1n) is 5.03. The normalized spacial score (nSPS) is 18.1. The molecular formula is C10H18NO. The van der Waals surface area contributed by atoms with Crippen molar-refractivity contribution in [3.05, 3.63) is 0 Å². The highest BCUT2D eigenvalue weighted by molar-refractivity contribution is 5.48.